The van der Waals surface area contributed by atoms with Crippen molar-refractivity contribution in [1.82, 2.24) is 5.32 Å². The summed E-state index contributed by atoms with van der Waals surface area (Å²) in [5.41, 5.74) is -0.228. The minimum Gasteiger partial charge on any atom is -0.382 e. The largest absolute Gasteiger partial charge is 0.382 e. The molecule has 8 heteroatoms. The number of methoxy groups -OCH3 is 1. The number of rotatable bonds is 8. The molecular weight excluding hydrogens is 288 g/mol. The highest BCUT2D eigenvalue weighted by Gasteiger charge is 2.19. The average molecular weight is 303 g/mol. The first-order valence-electron chi connectivity index (χ1n) is 5.85. The van der Waals surface area contributed by atoms with Gasteiger partial charge in [-0.1, -0.05) is 17.7 Å². The van der Waals surface area contributed by atoms with E-state index >= 15 is 0 Å². The topological polar surface area (TPSA) is 90.7 Å². The lowest BCUT2D eigenvalue weighted by Gasteiger charge is -2.07. The van der Waals surface area contributed by atoms with E-state index in [0.29, 0.717) is 19.8 Å². The summed E-state index contributed by atoms with van der Waals surface area (Å²) >= 11 is 5.83. The molecule has 1 amide bonds. The number of nitro groups is 1. The van der Waals surface area contributed by atoms with Crippen LogP contribution in [0.1, 0.15) is 10.4 Å². The highest BCUT2D eigenvalue weighted by molar-refractivity contribution is 6.35. The SMILES string of the molecule is COCCOCCNC(=O)c1cccc([N+](=O)[O-])c1Cl. The molecule has 0 heterocycles. The maximum Gasteiger partial charge on any atom is 0.288 e. The zero-order valence-corrected chi connectivity index (χ0v) is 11.7. The summed E-state index contributed by atoms with van der Waals surface area (Å²) in [6, 6.07) is 4.08. The predicted octanol–water partition coefficient (Wildman–Crippen LogP) is 1.64. The Hall–Kier alpha value is -1.70. The predicted molar refractivity (Wildman–Crippen MR) is 73.1 cm³/mol. The molecule has 0 atom stereocenters. The standard InChI is InChI=1S/C12H15ClN2O5/c1-19-7-8-20-6-5-14-12(16)9-3-2-4-10(11(9)13)15(17)18/h2-4H,5-8H2,1H3,(H,14,16). The minimum atomic E-state index is -0.632. The normalized spacial score (nSPS) is 10.3. The summed E-state index contributed by atoms with van der Waals surface area (Å²) in [7, 11) is 1.56. The van der Waals surface area contributed by atoms with Gasteiger partial charge in [-0.25, -0.2) is 0 Å². The first-order valence-corrected chi connectivity index (χ1v) is 6.23. The van der Waals surface area contributed by atoms with Crippen molar-refractivity contribution in [1.29, 1.82) is 0 Å². The maximum atomic E-state index is 11.8. The van der Waals surface area contributed by atoms with Crippen molar-refractivity contribution >= 4 is 23.2 Å². The molecule has 7 nitrogen and oxygen atoms in total. The van der Waals surface area contributed by atoms with Gasteiger partial charge in [0.05, 0.1) is 30.3 Å². The fourth-order valence-corrected chi connectivity index (χ4v) is 1.69. The Bertz CT molecular complexity index is 481. The molecule has 0 fully saturated rings. The van der Waals surface area contributed by atoms with Crippen LogP contribution in [0.4, 0.5) is 5.69 Å². The van der Waals surface area contributed by atoms with Gasteiger partial charge in [0, 0.05) is 19.7 Å². The van der Waals surface area contributed by atoms with Crippen molar-refractivity contribution in [3.63, 3.8) is 0 Å². The monoisotopic (exact) mass is 302 g/mol. The van der Waals surface area contributed by atoms with Crippen LogP contribution in [0.5, 0.6) is 0 Å². The summed E-state index contributed by atoms with van der Waals surface area (Å²) in [4.78, 5) is 21.9. The molecule has 0 spiro atoms. The van der Waals surface area contributed by atoms with Crippen molar-refractivity contribution < 1.29 is 19.2 Å². The molecule has 0 aliphatic heterocycles. The molecule has 1 rings (SSSR count). The van der Waals surface area contributed by atoms with Gasteiger partial charge in [0.15, 0.2) is 0 Å². The molecule has 0 radical (unpaired) electrons. The lowest BCUT2D eigenvalue weighted by atomic mass is 10.2. The second-order valence-corrected chi connectivity index (χ2v) is 4.13. The van der Waals surface area contributed by atoms with Crippen LogP contribution >= 0.6 is 11.6 Å². The molecule has 0 bridgehead atoms. The number of amides is 1. The molecule has 1 aromatic carbocycles. The Morgan fingerprint density at radius 1 is 1.40 bits per heavy atom. The molecular formula is C12H15ClN2O5. The summed E-state index contributed by atoms with van der Waals surface area (Å²) in [5, 5.41) is 13.1. The number of ether oxygens (including phenoxy) is 2. The second-order valence-electron chi connectivity index (χ2n) is 3.76. The number of carbonyl (C=O) groups excluding carboxylic acids is 1. The molecule has 1 aromatic rings. The second kappa shape index (κ2) is 8.47. The Kier molecular flexibility index (Phi) is 6.92. The summed E-state index contributed by atoms with van der Waals surface area (Å²) in [6.07, 6.45) is 0. The van der Waals surface area contributed by atoms with Crippen LogP contribution in [0.2, 0.25) is 5.02 Å². The third-order valence-electron chi connectivity index (χ3n) is 2.38. The number of nitrogens with zero attached hydrogens (tertiary/aromatic N) is 1. The van der Waals surface area contributed by atoms with E-state index in [1.807, 2.05) is 0 Å². The number of benzene rings is 1. The van der Waals surface area contributed by atoms with E-state index in [9.17, 15) is 14.9 Å². The minimum absolute atomic E-state index is 0.0674. The van der Waals surface area contributed by atoms with Crippen LogP contribution in [-0.4, -0.2) is 44.3 Å². The number of nitro benzene ring substituents is 1. The third-order valence-corrected chi connectivity index (χ3v) is 2.78. The van der Waals surface area contributed by atoms with Gasteiger partial charge in [0.25, 0.3) is 11.6 Å². The number of halogens is 1. The fraction of sp³-hybridized carbons (Fsp3) is 0.417. The molecule has 0 unspecified atom stereocenters. The van der Waals surface area contributed by atoms with E-state index in [4.69, 9.17) is 21.1 Å². The van der Waals surface area contributed by atoms with Crippen molar-refractivity contribution in [3.8, 4) is 0 Å². The Labute approximate surface area is 121 Å². The first-order chi connectivity index (χ1) is 9.57. The molecule has 0 saturated carbocycles. The van der Waals surface area contributed by atoms with Gasteiger partial charge in [-0.2, -0.15) is 0 Å². The van der Waals surface area contributed by atoms with Crippen LogP contribution in [0.15, 0.2) is 18.2 Å². The van der Waals surface area contributed by atoms with Crippen molar-refractivity contribution in [2.45, 2.75) is 0 Å². The molecule has 0 aliphatic rings. The zero-order valence-electron chi connectivity index (χ0n) is 10.9. The van der Waals surface area contributed by atoms with E-state index < -0.39 is 10.8 Å². The molecule has 1 N–H and O–H groups in total. The summed E-state index contributed by atoms with van der Waals surface area (Å²) in [5.74, 6) is -0.478. The van der Waals surface area contributed by atoms with Crippen LogP contribution in [0, 0.1) is 10.1 Å². The van der Waals surface area contributed by atoms with Crippen molar-refractivity contribution in [3.05, 3.63) is 38.9 Å². The number of hydrogen-bond donors (Lipinski definition) is 1. The van der Waals surface area contributed by atoms with Crippen LogP contribution < -0.4 is 5.32 Å². The molecule has 20 heavy (non-hydrogen) atoms. The van der Waals surface area contributed by atoms with Gasteiger partial charge in [0.2, 0.25) is 0 Å². The van der Waals surface area contributed by atoms with Gasteiger partial charge in [-0.3, -0.25) is 14.9 Å². The van der Waals surface area contributed by atoms with E-state index in [1.165, 1.54) is 18.2 Å². The van der Waals surface area contributed by atoms with Gasteiger partial charge >= 0.3 is 0 Å². The molecule has 110 valence electrons. The third kappa shape index (κ3) is 4.76. The number of hydrogen-bond acceptors (Lipinski definition) is 5. The maximum absolute atomic E-state index is 11.8. The lowest BCUT2D eigenvalue weighted by Crippen LogP contribution is -2.28. The quantitative estimate of drug-likeness (QED) is 0.448. The Balaban J connectivity index is 2.52. The highest BCUT2D eigenvalue weighted by Crippen LogP contribution is 2.27. The molecule has 0 aliphatic carbocycles. The van der Waals surface area contributed by atoms with Crippen LogP contribution in [-0.2, 0) is 9.47 Å². The molecule has 0 aromatic heterocycles. The average Bonchev–Trinajstić information content (AvgIpc) is 2.42. The fourth-order valence-electron chi connectivity index (χ4n) is 1.41. The van der Waals surface area contributed by atoms with E-state index in [1.54, 1.807) is 7.11 Å². The summed E-state index contributed by atoms with van der Waals surface area (Å²) in [6.45, 7) is 1.51. The number of carbonyl (C=O) groups is 1. The Morgan fingerprint density at radius 3 is 2.80 bits per heavy atom. The zero-order chi connectivity index (χ0) is 15.0. The van der Waals surface area contributed by atoms with E-state index in [2.05, 4.69) is 5.32 Å². The first kappa shape index (κ1) is 16.4. The van der Waals surface area contributed by atoms with Crippen LogP contribution in [0.3, 0.4) is 0 Å². The number of nitrogens with one attached hydrogen (secondary N) is 1. The van der Waals surface area contributed by atoms with Gasteiger partial charge < -0.3 is 14.8 Å². The molecule has 0 saturated heterocycles. The lowest BCUT2D eigenvalue weighted by molar-refractivity contribution is -0.384. The Morgan fingerprint density at radius 2 is 2.15 bits per heavy atom. The van der Waals surface area contributed by atoms with E-state index in [-0.39, 0.29) is 22.8 Å². The summed E-state index contributed by atoms with van der Waals surface area (Å²) < 4.78 is 9.97. The van der Waals surface area contributed by atoms with Crippen molar-refractivity contribution in [2.24, 2.45) is 0 Å². The smallest absolute Gasteiger partial charge is 0.288 e. The van der Waals surface area contributed by atoms with Gasteiger partial charge in [-0.15, -0.1) is 0 Å². The van der Waals surface area contributed by atoms with Crippen molar-refractivity contribution in [2.75, 3.05) is 33.5 Å². The van der Waals surface area contributed by atoms with Crippen LogP contribution in [0.25, 0.3) is 0 Å². The highest BCUT2D eigenvalue weighted by atomic mass is 35.5. The van der Waals surface area contributed by atoms with E-state index in [0.717, 1.165) is 0 Å². The van der Waals surface area contributed by atoms with Gasteiger partial charge in [-0.05, 0) is 6.07 Å². The van der Waals surface area contributed by atoms with Gasteiger partial charge in [0.1, 0.15) is 5.02 Å².